The second-order valence-electron chi connectivity index (χ2n) is 4.13. The van der Waals surface area contributed by atoms with Crippen LogP contribution in [0.15, 0.2) is 17.0 Å². The van der Waals surface area contributed by atoms with Crippen LogP contribution in [-0.4, -0.2) is 32.1 Å². The van der Waals surface area contributed by atoms with Crippen LogP contribution in [0.4, 0.5) is 4.39 Å². The molecule has 20 heavy (non-hydrogen) atoms. The summed E-state index contributed by atoms with van der Waals surface area (Å²) in [4.78, 5) is -0.529. The van der Waals surface area contributed by atoms with Gasteiger partial charge in [-0.3, -0.25) is 0 Å². The number of aliphatic hydroxyl groups is 1. The summed E-state index contributed by atoms with van der Waals surface area (Å²) in [5.74, 6) is -0.0180. The first-order chi connectivity index (χ1) is 9.42. The van der Waals surface area contributed by atoms with Gasteiger partial charge in [-0.05, 0) is 37.0 Å². The molecule has 0 unspecified atom stereocenters. The molecular formula is C12H17ClFNO3S2. The van der Waals surface area contributed by atoms with Crippen molar-refractivity contribution in [1.29, 1.82) is 0 Å². The van der Waals surface area contributed by atoms with Crippen molar-refractivity contribution in [3.05, 3.63) is 28.5 Å². The van der Waals surface area contributed by atoms with Crippen molar-refractivity contribution < 1.29 is 17.9 Å². The van der Waals surface area contributed by atoms with E-state index in [4.69, 9.17) is 16.7 Å². The Labute approximate surface area is 127 Å². The average molecular weight is 342 g/mol. The summed E-state index contributed by atoms with van der Waals surface area (Å²) in [7, 11) is -3.96. The van der Waals surface area contributed by atoms with Crippen molar-refractivity contribution in [1.82, 2.24) is 4.72 Å². The van der Waals surface area contributed by atoms with Crippen LogP contribution >= 0.6 is 23.4 Å². The van der Waals surface area contributed by atoms with Crippen LogP contribution in [-0.2, 0) is 16.6 Å². The van der Waals surface area contributed by atoms with Gasteiger partial charge in [0.05, 0.1) is 6.61 Å². The Hall–Kier alpha value is -0.340. The van der Waals surface area contributed by atoms with Crippen molar-refractivity contribution in [2.24, 2.45) is 0 Å². The minimum Gasteiger partial charge on any atom is -0.392 e. The number of aliphatic hydroxyl groups excluding tert-OH is 1. The average Bonchev–Trinajstić information content (AvgIpc) is 2.40. The molecule has 0 amide bonds. The van der Waals surface area contributed by atoms with Crippen molar-refractivity contribution in [2.75, 3.05) is 18.6 Å². The zero-order chi connectivity index (χ0) is 15.2. The number of halogens is 2. The predicted octanol–water partition coefficient (Wildman–Crippen LogP) is 2.39. The fourth-order valence-electron chi connectivity index (χ4n) is 1.58. The molecule has 0 aliphatic carbocycles. The largest absolute Gasteiger partial charge is 0.392 e. The lowest BCUT2D eigenvalue weighted by Crippen LogP contribution is -2.26. The van der Waals surface area contributed by atoms with Crippen LogP contribution in [0.5, 0.6) is 0 Å². The molecule has 0 aromatic heterocycles. The highest BCUT2D eigenvalue weighted by Gasteiger charge is 2.21. The molecule has 1 rings (SSSR count). The molecule has 114 valence electrons. The first-order valence-corrected chi connectivity index (χ1v) is 9.25. The third-order valence-electron chi connectivity index (χ3n) is 2.61. The minimum absolute atomic E-state index is 0.0678. The molecule has 0 aliphatic heterocycles. The highest BCUT2D eigenvalue weighted by atomic mass is 35.5. The van der Waals surface area contributed by atoms with Gasteiger partial charge in [0, 0.05) is 17.1 Å². The number of unbranched alkanes of at least 4 members (excludes halogenated alkanes) is 1. The van der Waals surface area contributed by atoms with Crippen molar-refractivity contribution >= 4 is 33.4 Å². The molecule has 1 aromatic rings. The minimum atomic E-state index is -3.96. The molecule has 4 nitrogen and oxygen atoms in total. The van der Waals surface area contributed by atoms with E-state index in [1.54, 1.807) is 11.8 Å². The maximum atomic E-state index is 13.9. The van der Waals surface area contributed by atoms with Crippen LogP contribution < -0.4 is 4.72 Å². The van der Waals surface area contributed by atoms with Crippen LogP contribution in [0, 0.1) is 5.82 Å². The smallest absolute Gasteiger partial charge is 0.243 e. The second kappa shape index (κ2) is 8.19. The van der Waals surface area contributed by atoms with E-state index in [-0.39, 0.29) is 17.1 Å². The number of sulfonamides is 1. The summed E-state index contributed by atoms with van der Waals surface area (Å²) in [6, 6.07) is 2.24. The van der Waals surface area contributed by atoms with E-state index >= 15 is 0 Å². The lowest BCUT2D eigenvalue weighted by molar-refractivity contribution is 0.274. The van der Waals surface area contributed by atoms with E-state index in [0.717, 1.165) is 18.2 Å². The molecule has 1 aromatic carbocycles. The molecule has 0 saturated carbocycles. The van der Waals surface area contributed by atoms with Gasteiger partial charge in [0.15, 0.2) is 0 Å². The quantitative estimate of drug-likeness (QED) is 0.712. The van der Waals surface area contributed by atoms with E-state index in [2.05, 4.69) is 4.72 Å². The summed E-state index contributed by atoms with van der Waals surface area (Å²) in [5.41, 5.74) is -0.139. The second-order valence-corrected chi connectivity index (χ2v) is 7.29. The van der Waals surface area contributed by atoms with Crippen molar-refractivity contribution in [2.45, 2.75) is 24.3 Å². The predicted molar refractivity (Wildman–Crippen MR) is 80.1 cm³/mol. The Balaban J connectivity index is 2.84. The van der Waals surface area contributed by atoms with E-state index in [9.17, 15) is 12.8 Å². The van der Waals surface area contributed by atoms with E-state index in [1.807, 2.05) is 6.26 Å². The molecule has 8 heteroatoms. The number of nitrogens with one attached hydrogen (secondary N) is 1. The van der Waals surface area contributed by atoms with Crippen LogP contribution in [0.3, 0.4) is 0 Å². The van der Waals surface area contributed by atoms with Crippen LogP contribution in [0.1, 0.15) is 18.4 Å². The van der Waals surface area contributed by atoms with Gasteiger partial charge in [-0.25, -0.2) is 17.5 Å². The summed E-state index contributed by atoms with van der Waals surface area (Å²) < 4.78 is 40.3. The Kier molecular flexibility index (Phi) is 7.25. The molecule has 0 saturated heterocycles. The number of hydrogen-bond acceptors (Lipinski definition) is 4. The molecule has 2 N–H and O–H groups in total. The fraction of sp³-hybridized carbons (Fsp3) is 0.500. The Morgan fingerprint density at radius 2 is 2.10 bits per heavy atom. The first kappa shape index (κ1) is 17.7. The highest BCUT2D eigenvalue weighted by Crippen LogP contribution is 2.23. The molecule has 0 spiro atoms. The monoisotopic (exact) mass is 341 g/mol. The first-order valence-electron chi connectivity index (χ1n) is 5.99. The van der Waals surface area contributed by atoms with E-state index < -0.39 is 27.3 Å². The van der Waals surface area contributed by atoms with Crippen LogP contribution in [0.25, 0.3) is 0 Å². The van der Waals surface area contributed by atoms with E-state index in [0.29, 0.717) is 6.42 Å². The third-order valence-corrected chi connectivity index (χ3v) is 4.98. The number of benzene rings is 1. The maximum absolute atomic E-state index is 13.9. The molecule has 0 fully saturated rings. The maximum Gasteiger partial charge on any atom is 0.243 e. The zero-order valence-electron chi connectivity index (χ0n) is 11.0. The lowest BCUT2D eigenvalue weighted by Gasteiger charge is -2.10. The van der Waals surface area contributed by atoms with Gasteiger partial charge < -0.3 is 5.11 Å². The SMILES string of the molecule is CSCCCCNS(=O)(=O)c1cc(Cl)cc(CO)c1F. The van der Waals surface area contributed by atoms with E-state index in [1.165, 1.54) is 6.07 Å². The lowest BCUT2D eigenvalue weighted by atomic mass is 10.2. The molecular weight excluding hydrogens is 325 g/mol. The summed E-state index contributed by atoms with van der Waals surface area (Å²) in [6.07, 6.45) is 3.53. The highest BCUT2D eigenvalue weighted by molar-refractivity contribution is 7.98. The summed E-state index contributed by atoms with van der Waals surface area (Å²) >= 11 is 7.42. The van der Waals surface area contributed by atoms with Gasteiger partial charge in [-0.15, -0.1) is 0 Å². The normalized spacial score (nSPS) is 11.8. The third kappa shape index (κ3) is 4.89. The Morgan fingerprint density at radius 1 is 1.40 bits per heavy atom. The fourth-order valence-corrected chi connectivity index (χ4v) is 3.60. The molecule has 0 aliphatic rings. The number of rotatable bonds is 8. The van der Waals surface area contributed by atoms with Gasteiger partial charge in [0.2, 0.25) is 10.0 Å². The molecule has 0 radical (unpaired) electrons. The molecule has 0 atom stereocenters. The molecule has 0 bridgehead atoms. The van der Waals surface area contributed by atoms with Gasteiger partial charge in [-0.1, -0.05) is 11.6 Å². The van der Waals surface area contributed by atoms with Gasteiger partial charge in [-0.2, -0.15) is 11.8 Å². The van der Waals surface area contributed by atoms with Crippen molar-refractivity contribution in [3.8, 4) is 0 Å². The van der Waals surface area contributed by atoms with Crippen molar-refractivity contribution in [3.63, 3.8) is 0 Å². The Morgan fingerprint density at radius 3 is 2.70 bits per heavy atom. The topological polar surface area (TPSA) is 66.4 Å². The summed E-state index contributed by atoms with van der Waals surface area (Å²) in [6.45, 7) is -0.369. The van der Waals surface area contributed by atoms with Gasteiger partial charge >= 0.3 is 0 Å². The Bertz CT molecular complexity index is 552. The zero-order valence-corrected chi connectivity index (χ0v) is 13.4. The summed E-state index contributed by atoms with van der Waals surface area (Å²) in [5, 5.41) is 9.06. The standard InChI is InChI=1S/C12H17ClFNO3S2/c1-19-5-3-2-4-15-20(17,18)11-7-10(13)6-9(8-16)12(11)14/h6-7,15-16H,2-5,8H2,1H3. The van der Waals surface area contributed by atoms with Crippen LogP contribution in [0.2, 0.25) is 5.02 Å². The number of hydrogen-bond donors (Lipinski definition) is 2. The van der Waals surface area contributed by atoms with Gasteiger partial charge in [0.25, 0.3) is 0 Å². The molecule has 0 heterocycles. The van der Waals surface area contributed by atoms with Gasteiger partial charge in [0.1, 0.15) is 10.7 Å². The number of thioether (sulfide) groups is 1.